The van der Waals surface area contributed by atoms with Gasteiger partial charge in [-0.3, -0.25) is 67.4 Å². The molecule has 26 heteroatoms. The summed E-state index contributed by atoms with van der Waals surface area (Å²) in [5.74, 6) is 2.83. The first-order chi connectivity index (χ1) is 38.1. The Kier molecular flexibility index (Phi) is 51.5. The smallest absolute Gasteiger partial charge is 0.333 e. The maximum Gasteiger partial charge on any atom is 0.333 e. The number of thioether (sulfide) groups is 2. The molecule has 462 valence electrons. The Morgan fingerprint density at radius 1 is 0.625 bits per heavy atom. The van der Waals surface area contributed by atoms with E-state index in [1.807, 2.05) is 0 Å². The number of allylic oxidation sites excluding steroid dienone is 1. The van der Waals surface area contributed by atoms with Gasteiger partial charge in [-0.2, -0.15) is 5.06 Å². The first kappa shape index (κ1) is 79.4. The zero-order valence-electron chi connectivity index (χ0n) is 48.4. The molecule has 0 spiro atoms. The van der Waals surface area contributed by atoms with Gasteiger partial charge in [-0.25, -0.2) is 4.79 Å². The third-order valence-corrected chi connectivity index (χ3v) is 18.9. The van der Waals surface area contributed by atoms with E-state index in [1.165, 1.54) is 146 Å². The van der Waals surface area contributed by atoms with Crippen molar-refractivity contribution in [1.82, 2.24) is 26.1 Å². The van der Waals surface area contributed by atoms with Gasteiger partial charge in [0.05, 0.1) is 29.8 Å². The quantitative estimate of drug-likeness (QED) is 0.00524. The molecule has 80 heavy (non-hydrogen) atoms. The van der Waals surface area contributed by atoms with Crippen molar-refractivity contribution < 1.29 is 48.4 Å². The number of nitrogens with two attached hydrogens (primary N) is 5. The van der Waals surface area contributed by atoms with Crippen molar-refractivity contribution in [3.8, 4) is 12.3 Å². The number of nitrogens with one attached hydrogen (secondary N) is 3. The summed E-state index contributed by atoms with van der Waals surface area (Å²) < 4.78 is 0. The van der Waals surface area contributed by atoms with E-state index < -0.39 is 45.1 Å². The Balaban J connectivity index is 0. The molecule has 0 aromatic heterocycles. The minimum Gasteiger partial charge on any atom is -0.356 e. The highest BCUT2D eigenvalue weighted by molar-refractivity contribution is 8.77. The topological polar surface area (TPSA) is 339 Å². The van der Waals surface area contributed by atoms with Crippen molar-refractivity contribution in [1.29, 1.82) is 0 Å². The Labute approximate surface area is 503 Å². The number of carbonyl (C=O) groups is 8. The molecule has 0 aromatic rings. The molecule has 0 saturated carbocycles. The predicted octanol–water partition coefficient (Wildman–Crippen LogP) is 8.68. The highest BCUT2D eigenvalue weighted by atomic mass is 33.1. The summed E-state index contributed by atoms with van der Waals surface area (Å²) in [4.78, 5) is 97.1. The van der Waals surface area contributed by atoms with Gasteiger partial charge in [0.2, 0.25) is 22.8 Å². The SMILES string of the molecule is C#CCCC(=O)NC(N)(N)SSCCC(=O)NCCCCCCC.C=CCCC(=O)ON1C(=O)CC(SCCCCCCC)C1=O.CCCCCCCNC(=O)CCSSC(N)(N)N.CCCCCCCSC1CC(=O)N(O)C1=O. The van der Waals surface area contributed by atoms with Crippen LogP contribution in [0.25, 0.3) is 0 Å². The van der Waals surface area contributed by atoms with E-state index in [9.17, 15) is 38.4 Å². The molecular weight excluding hydrogens is 1140 g/mol. The summed E-state index contributed by atoms with van der Waals surface area (Å²) in [5, 5.41) is 14.9. The lowest BCUT2D eigenvalue weighted by Gasteiger charge is -2.24. The first-order valence-corrected chi connectivity index (χ1v) is 35.2. The number of hydrogen-bond donors (Lipinski definition) is 9. The molecule has 2 unspecified atom stereocenters. The lowest BCUT2D eigenvalue weighted by molar-refractivity contribution is -0.197. The Bertz CT molecular complexity index is 1800. The molecule has 0 bridgehead atoms. The lowest BCUT2D eigenvalue weighted by Crippen LogP contribution is -2.59. The van der Waals surface area contributed by atoms with Crippen molar-refractivity contribution in [2.45, 2.75) is 228 Å². The van der Waals surface area contributed by atoms with Crippen LogP contribution in [0.15, 0.2) is 12.7 Å². The van der Waals surface area contributed by atoms with Gasteiger partial charge in [0.1, 0.15) is 0 Å². The maximum absolute atomic E-state index is 12.1. The molecule has 14 N–H and O–H groups in total. The summed E-state index contributed by atoms with van der Waals surface area (Å²) in [6.07, 6.45) is 32.7. The minimum atomic E-state index is -1.37. The van der Waals surface area contributed by atoms with Crippen LogP contribution in [0.2, 0.25) is 0 Å². The van der Waals surface area contributed by atoms with Gasteiger partial charge in [-0.05, 0) is 65.2 Å². The summed E-state index contributed by atoms with van der Waals surface area (Å²) in [6.45, 7) is 13.7. The van der Waals surface area contributed by atoms with Crippen LogP contribution >= 0.6 is 66.7 Å². The van der Waals surface area contributed by atoms with E-state index in [2.05, 4.69) is 56.1 Å². The Morgan fingerprint density at radius 2 is 1.06 bits per heavy atom. The van der Waals surface area contributed by atoms with Crippen LogP contribution in [-0.4, -0.2) is 119 Å². The number of carbonyl (C=O) groups excluding carboxylic acids is 8. The maximum atomic E-state index is 12.1. The average molecular weight is 1240 g/mol. The van der Waals surface area contributed by atoms with E-state index in [1.54, 1.807) is 6.08 Å². The second-order valence-electron chi connectivity index (χ2n) is 19.1. The predicted molar refractivity (Wildman–Crippen MR) is 336 cm³/mol. The van der Waals surface area contributed by atoms with Crippen LogP contribution < -0.4 is 44.6 Å². The second kappa shape index (κ2) is 51.9. The largest absolute Gasteiger partial charge is 0.356 e. The highest BCUT2D eigenvalue weighted by Crippen LogP contribution is 2.29. The van der Waals surface area contributed by atoms with E-state index in [0.717, 1.165) is 73.9 Å². The molecule has 2 atom stereocenters. The van der Waals surface area contributed by atoms with Gasteiger partial charge in [0, 0.05) is 50.3 Å². The van der Waals surface area contributed by atoms with E-state index >= 15 is 0 Å². The Hall–Kier alpha value is -2.68. The number of unbranched alkanes of at least 4 members (excludes halogenated alkanes) is 16. The molecule has 20 nitrogen and oxygen atoms in total. The molecule has 0 radical (unpaired) electrons. The fraction of sp³-hybridized carbons (Fsp3) is 0.778. The van der Waals surface area contributed by atoms with Gasteiger partial charge < -0.3 is 20.8 Å². The van der Waals surface area contributed by atoms with Crippen molar-refractivity contribution in [2.24, 2.45) is 28.7 Å². The third kappa shape index (κ3) is 46.8. The molecular formula is C54H100N10O10S6. The lowest BCUT2D eigenvalue weighted by atomic mass is 10.1. The number of hydrogen-bond acceptors (Lipinski definition) is 21. The summed E-state index contributed by atoms with van der Waals surface area (Å²) >= 11 is 2.97. The van der Waals surface area contributed by atoms with Crippen LogP contribution in [0.5, 0.6) is 0 Å². The number of hydroxylamine groups is 4. The van der Waals surface area contributed by atoms with Gasteiger partial charge >= 0.3 is 5.97 Å². The fourth-order valence-electron chi connectivity index (χ4n) is 6.89. The van der Waals surface area contributed by atoms with Crippen molar-refractivity contribution in [3.63, 3.8) is 0 Å². The molecule has 0 aromatic carbocycles. The highest BCUT2D eigenvalue weighted by Gasteiger charge is 2.42. The van der Waals surface area contributed by atoms with Crippen molar-refractivity contribution in [2.75, 3.05) is 36.1 Å². The van der Waals surface area contributed by atoms with E-state index in [4.69, 9.17) is 45.1 Å². The van der Waals surface area contributed by atoms with Crippen LogP contribution in [0.1, 0.15) is 207 Å². The molecule has 2 fully saturated rings. The first-order valence-electron chi connectivity index (χ1n) is 28.4. The second-order valence-corrected chi connectivity index (χ2v) is 27.1. The number of rotatable bonds is 43. The zero-order valence-corrected chi connectivity index (χ0v) is 53.3. The van der Waals surface area contributed by atoms with Crippen molar-refractivity contribution >= 4 is 114 Å². The van der Waals surface area contributed by atoms with Crippen LogP contribution in [0.4, 0.5) is 0 Å². The van der Waals surface area contributed by atoms with Crippen LogP contribution in [-0.2, 0) is 43.2 Å². The monoisotopic (exact) mass is 1240 g/mol. The standard InChI is InChI=1S/C16H30N4O2S2.C16H25NO4S.C11H26N4OS2.C11H19NO3S/c1-3-5-7-8-9-12-19-14(21)11-13-23-24-16(17,18)20-15(22)10-6-4-2;1-3-5-7-8-9-11-22-13-12-14(18)17(16(13)20)21-15(19)10-6-4-2;1-2-3-4-5-6-8-15-10(16)7-9-17-18-11(12,13)14;1-2-3-4-5-6-7-16-9-8-10(13)12(15)11(9)14/h2H,3,5-13,17-18H2,1H3,(H,19,21)(H,20,22);4,13H,2-3,5-12H2,1H3;2-9,12-14H2,1H3,(H,15,16);9,15H,2-8H2,1H3. The number of imide groups is 2. The zero-order chi connectivity index (χ0) is 60.5. The van der Waals surface area contributed by atoms with Gasteiger partial charge in [0.25, 0.3) is 23.6 Å². The van der Waals surface area contributed by atoms with E-state index in [-0.39, 0.29) is 53.7 Å². The summed E-state index contributed by atoms with van der Waals surface area (Å²) in [6, 6.07) is 0. The van der Waals surface area contributed by atoms with Crippen LogP contribution in [0.3, 0.4) is 0 Å². The summed E-state index contributed by atoms with van der Waals surface area (Å²) in [7, 11) is 5.09. The number of terminal acetylenes is 1. The molecule has 2 heterocycles. The molecule has 0 aliphatic carbocycles. The molecule has 2 aliphatic rings. The van der Waals surface area contributed by atoms with Gasteiger partial charge in [-0.1, -0.05) is 158 Å². The van der Waals surface area contributed by atoms with Gasteiger partial charge in [0.15, 0.2) is 5.12 Å². The molecule has 2 aliphatic heterocycles. The molecule has 2 rings (SSSR count). The van der Waals surface area contributed by atoms with Crippen molar-refractivity contribution in [3.05, 3.63) is 12.7 Å². The average Bonchev–Trinajstić information content (AvgIpc) is 3.83. The number of amides is 7. The van der Waals surface area contributed by atoms with Crippen LogP contribution in [0, 0.1) is 12.3 Å². The van der Waals surface area contributed by atoms with Gasteiger partial charge in [-0.15, -0.1) is 47.5 Å². The Morgan fingerprint density at radius 3 is 1.49 bits per heavy atom. The third-order valence-electron chi connectivity index (χ3n) is 11.3. The normalized spacial score (nSPS) is 15.0. The van der Waals surface area contributed by atoms with E-state index in [0.29, 0.717) is 42.3 Å². The fourth-order valence-corrected chi connectivity index (χ4v) is 12.8. The minimum absolute atomic E-state index is 0.0243. The molecule has 7 amide bonds. The number of nitrogens with zero attached hydrogens (tertiary/aromatic N) is 2. The summed E-state index contributed by atoms with van der Waals surface area (Å²) in [5.41, 5.74) is 27.7. The molecule has 2 saturated heterocycles.